The first kappa shape index (κ1) is 14.6. The van der Waals surface area contributed by atoms with E-state index in [4.69, 9.17) is 4.74 Å². The van der Waals surface area contributed by atoms with E-state index in [0.29, 0.717) is 0 Å². The average Bonchev–Trinajstić information content (AvgIpc) is 2.11. The van der Waals surface area contributed by atoms with Crippen LogP contribution < -0.4 is 0 Å². The quantitative estimate of drug-likeness (QED) is 0.534. The van der Waals surface area contributed by atoms with Crippen LogP contribution in [0.1, 0.15) is 34.6 Å². The first-order chi connectivity index (χ1) is 7.20. The summed E-state index contributed by atoms with van der Waals surface area (Å²) in [7, 11) is 0. The molecule has 0 amide bonds. The molecule has 0 bridgehead atoms. The third kappa shape index (κ3) is 4.42. The predicted octanol–water partition coefficient (Wildman–Crippen LogP) is 1.10. The van der Waals surface area contributed by atoms with Crippen molar-refractivity contribution in [2.75, 3.05) is 6.61 Å². The fourth-order valence-electron chi connectivity index (χ4n) is 0.799. The van der Waals surface area contributed by atoms with E-state index in [1.54, 1.807) is 27.7 Å². The Morgan fingerprint density at radius 3 is 2.00 bits per heavy atom. The minimum atomic E-state index is -1.45. The molecule has 0 aliphatic heterocycles. The van der Waals surface area contributed by atoms with Crippen LogP contribution in [0.15, 0.2) is 0 Å². The van der Waals surface area contributed by atoms with E-state index in [0.717, 1.165) is 0 Å². The highest BCUT2D eigenvalue weighted by Crippen LogP contribution is 2.17. The Kier molecular flexibility index (Phi) is 5.14. The number of ether oxygens (including phenoxy) is 2. The molecule has 5 nitrogen and oxygen atoms in total. The maximum absolute atomic E-state index is 11.5. The predicted molar refractivity (Wildman–Crippen MR) is 56.6 cm³/mol. The van der Waals surface area contributed by atoms with Crippen molar-refractivity contribution in [1.82, 2.24) is 0 Å². The van der Waals surface area contributed by atoms with Gasteiger partial charge in [0, 0.05) is 0 Å². The van der Waals surface area contributed by atoms with Gasteiger partial charge in [0.05, 0.1) is 12.0 Å². The highest BCUT2D eigenvalue weighted by Gasteiger charge is 2.33. The lowest BCUT2D eigenvalue weighted by atomic mass is 9.97. The van der Waals surface area contributed by atoms with Crippen molar-refractivity contribution >= 4 is 17.7 Å². The average molecular weight is 230 g/mol. The molecule has 0 N–H and O–H groups in total. The van der Waals surface area contributed by atoms with Crippen molar-refractivity contribution in [1.29, 1.82) is 0 Å². The van der Waals surface area contributed by atoms with Gasteiger partial charge in [-0.05, 0) is 34.6 Å². The fraction of sp³-hybridized carbons (Fsp3) is 0.727. The Morgan fingerprint density at radius 1 is 1.19 bits per heavy atom. The van der Waals surface area contributed by atoms with Crippen LogP contribution in [-0.2, 0) is 23.9 Å². The zero-order valence-corrected chi connectivity index (χ0v) is 10.3. The van der Waals surface area contributed by atoms with Crippen molar-refractivity contribution < 1.29 is 23.9 Å². The molecular formula is C11H18O5. The van der Waals surface area contributed by atoms with Crippen LogP contribution in [0.4, 0.5) is 0 Å². The van der Waals surface area contributed by atoms with E-state index in [1.807, 2.05) is 0 Å². The molecule has 16 heavy (non-hydrogen) atoms. The highest BCUT2D eigenvalue weighted by atomic mass is 16.6. The van der Waals surface area contributed by atoms with Crippen molar-refractivity contribution in [3.8, 4) is 0 Å². The molecule has 0 aliphatic carbocycles. The SMILES string of the molecule is CCOC(=O)C(OC(=O)C(C)(C)C)C(C)=O. The van der Waals surface area contributed by atoms with Crippen LogP contribution in [0.25, 0.3) is 0 Å². The molecule has 0 saturated heterocycles. The molecule has 0 aliphatic rings. The van der Waals surface area contributed by atoms with Gasteiger partial charge >= 0.3 is 11.9 Å². The summed E-state index contributed by atoms with van der Waals surface area (Å²) >= 11 is 0. The number of hydrogen-bond donors (Lipinski definition) is 0. The Bertz CT molecular complexity index is 287. The van der Waals surface area contributed by atoms with Gasteiger partial charge in [-0.25, -0.2) is 4.79 Å². The molecule has 0 heterocycles. The van der Waals surface area contributed by atoms with Crippen molar-refractivity contribution in [3.05, 3.63) is 0 Å². The fourth-order valence-corrected chi connectivity index (χ4v) is 0.799. The third-order valence-electron chi connectivity index (χ3n) is 1.71. The van der Waals surface area contributed by atoms with Crippen LogP contribution >= 0.6 is 0 Å². The summed E-state index contributed by atoms with van der Waals surface area (Å²) in [4.78, 5) is 34.0. The summed E-state index contributed by atoms with van der Waals surface area (Å²) in [6.07, 6.45) is -1.45. The Hall–Kier alpha value is -1.39. The van der Waals surface area contributed by atoms with Gasteiger partial charge in [-0.15, -0.1) is 0 Å². The molecule has 0 radical (unpaired) electrons. The van der Waals surface area contributed by atoms with Gasteiger partial charge in [-0.1, -0.05) is 0 Å². The van der Waals surface area contributed by atoms with Crippen LogP contribution in [0, 0.1) is 5.41 Å². The number of Topliss-reactive ketones (excluding diaryl/α,β-unsaturated/α-hetero) is 1. The molecule has 0 aromatic heterocycles. The molecule has 0 fully saturated rings. The van der Waals surface area contributed by atoms with E-state index in [-0.39, 0.29) is 6.61 Å². The van der Waals surface area contributed by atoms with E-state index in [1.165, 1.54) is 6.92 Å². The van der Waals surface area contributed by atoms with Gasteiger partial charge in [0.25, 0.3) is 6.10 Å². The lowest BCUT2D eigenvalue weighted by molar-refractivity contribution is -0.175. The number of carbonyl (C=O) groups excluding carboxylic acids is 3. The van der Waals surface area contributed by atoms with Gasteiger partial charge in [-0.3, -0.25) is 9.59 Å². The number of carbonyl (C=O) groups is 3. The van der Waals surface area contributed by atoms with Crippen molar-refractivity contribution in [2.45, 2.75) is 40.7 Å². The van der Waals surface area contributed by atoms with Gasteiger partial charge < -0.3 is 9.47 Å². The minimum Gasteiger partial charge on any atom is -0.463 e. The first-order valence-electron chi connectivity index (χ1n) is 5.08. The molecule has 0 aromatic rings. The molecule has 0 rings (SSSR count). The lowest BCUT2D eigenvalue weighted by Crippen LogP contribution is -2.38. The molecule has 92 valence electrons. The summed E-state index contributed by atoms with van der Waals surface area (Å²) in [5.41, 5.74) is -0.764. The maximum Gasteiger partial charge on any atom is 0.355 e. The topological polar surface area (TPSA) is 69.7 Å². The monoisotopic (exact) mass is 230 g/mol. The zero-order chi connectivity index (χ0) is 12.9. The van der Waals surface area contributed by atoms with Gasteiger partial charge in [0.2, 0.25) is 0 Å². The summed E-state index contributed by atoms with van der Waals surface area (Å²) in [6.45, 7) is 7.83. The third-order valence-corrected chi connectivity index (χ3v) is 1.71. The molecule has 0 saturated carbocycles. The van der Waals surface area contributed by atoms with E-state index in [9.17, 15) is 14.4 Å². The summed E-state index contributed by atoms with van der Waals surface area (Å²) in [5.74, 6) is -1.98. The maximum atomic E-state index is 11.5. The normalized spacial score (nSPS) is 12.8. The van der Waals surface area contributed by atoms with E-state index >= 15 is 0 Å². The number of hydrogen-bond acceptors (Lipinski definition) is 5. The molecule has 1 atom stereocenters. The second-order valence-electron chi connectivity index (χ2n) is 4.40. The van der Waals surface area contributed by atoms with Crippen LogP contribution in [0.3, 0.4) is 0 Å². The highest BCUT2D eigenvalue weighted by molar-refractivity contribution is 6.02. The lowest BCUT2D eigenvalue weighted by Gasteiger charge is -2.20. The number of ketones is 1. The molecule has 0 spiro atoms. The zero-order valence-electron chi connectivity index (χ0n) is 10.3. The standard InChI is InChI=1S/C11H18O5/c1-6-15-9(13)8(7(2)12)16-10(14)11(3,4)5/h8H,6H2,1-5H3. The number of rotatable bonds is 4. The van der Waals surface area contributed by atoms with Crippen molar-refractivity contribution in [3.63, 3.8) is 0 Å². The van der Waals surface area contributed by atoms with Crippen LogP contribution in [0.5, 0.6) is 0 Å². The van der Waals surface area contributed by atoms with Crippen LogP contribution in [0.2, 0.25) is 0 Å². The Morgan fingerprint density at radius 2 is 1.69 bits per heavy atom. The summed E-state index contributed by atoms with van der Waals surface area (Å²) in [5, 5.41) is 0. The molecular weight excluding hydrogens is 212 g/mol. The Labute approximate surface area is 95.1 Å². The molecule has 1 unspecified atom stereocenters. The van der Waals surface area contributed by atoms with Crippen LogP contribution in [-0.4, -0.2) is 30.4 Å². The van der Waals surface area contributed by atoms with E-state index in [2.05, 4.69) is 4.74 Å². The molecule has 5 heteroatoms. The Balaban J connectivity index is 4.65. The van der Waals surface area contributed by atoms with Gasteiger partial charge in [-0.2, -0.15) is 0 Å². The minimum absolute atomic E-state index is 0.135. The van der Waals surface area contributed by atoms with Gasteiger partial charge in [0.15, 0.2) is 5.78 Å². The smallest absolute Gasteiger partial charge is 0.355 e. The summed E-state index contributed by atoms with van der Waals surface area (Å²) in [6, 6.07) is 0. The summed E-state index contributed by atoms with van der Waals surface area (Å²) < 4.78 is 9.47. The number of esters is 2. The second-order valence-corrected chi connectivity index (χ2v) is 4.40. The second kappa shape index (κ2) is 5.63. The van der Waals surface area contributed by atoms with Gasteiger partial charge in [0.1, 0.15) is 0 Å². The molecule has 0 aromatic carbocycles. The largest absolute Gasteiger partial charge is 0.463 e. The van der Waals surface area contributed by atoms with E-state index < -0.39 is 29.2 Å². The first-order valence-corrected chi connectivity index (χ1v) is 5.08. The van der Waals surface area contributed by atoms with Crippen molar-refractivity contribution in [2.24, 2.45) is 5.41 Å².